The molecule has 0 spiro atoms. The summed E-state index contributed by atoms with van der Waals surface area (Å²) >= 11 is 1.46. The number of thiazole rings is 1. The standard InChI is InChI=1S/C13H19N3O3S/c17-11(18)13(5-3-1-2-4-6-13)16-12(19)14-7-10-8-20-9-15-10/h8-9H,1-7H2,(H,17,18)(H2,14,16,19). The zero-order valence-corrected chi connectivity index (χ0v) is 12.0. The van der Waals surface area contributed by atoms with Gasteiger partial charge in [-0.3, -0.25) is 0 Å². The van der Waals surface area contributed by atoms with E-state index in [1.54, 1.807) is 5.51 Å². The zero-order chi connectivity index (χ0) is 14.4. The number of aliphatic carboxylic acids is 1. The number of carbonyl (C=O) groups is 2. The van der Waals surface area contributed by atoms with Crippen LogP contribution >= 0.6 is 11.3 Å². The number of hydrogen-bond acceptors (Lipinski definition) is 4. The van der Waals surface area contributed by atoms with Crippen molar-refractivity contribution in [1.82, 2.24) is 15.6 Å². The summed E-state index contributed by atoms with van der Waals surface area (Å²) in [5.74, 6) is -0.941. The Kier molecular flexibility index (Phi) is 4.94. The first-order chi connectivity index (χ1) is 9.62. The molecule has 6 nitrogen and oxygen atoms in total. The number of hydrogen-bond donors (Lipinski definition) is 3. The minimum atomic E-state index is -1.12. The van der Waals surface area contributed by atoms with Crippen LogP contribution in [0.15, 0.2) is 10.9 Å². The number of amides is 2. The van der Waals surface area contributed by atoms with Gasteiger partial charge in [0.1, 0.15) is 5.54 Å². The van der Waals surface area contributed by atoms with Crippen LogP contribution in [-0.2, 0) is 11.3 Å². The van der Waals surface area contributed by atoms with Crippen LogP contribution < -0.4 is 10.6 Å². The fourth-order valence-corrected chi connectivity index (χ4v) is 3.04. The second kappa shape index (κ2) is 6.69. The summed E-state index contributed by atoms with van der Waals surface area (Å²) in [6, 6.07) is -0.442. The minimum Gasteiger partial charge on any atom is -0.480 e. The molecule has 0 saturated heterocycles. The van der Waals surface area contributed by atoms with Crippen LogP contribution in [0.1, 0.15) is 44.2 Å². The second-order valence-electron chi connectivity index (χ2n) is 5.09. The molecule has 0 bridgehead atoms. The molecule has 1 aromatic heterocycles. The summed E-state index contributed by atoms with van der Waals surface area (Å²) in [4.78, 5) is 27.5. The number of urea groups is 1. The summed E-state index contributed by atoms with van der Waals surface area (Å²) in [6.45, 7) is 0.311. The van der Waals surface area contributed by atoms with Crippen molar-refractivity contribution in [3.05, 3.63) is 16.6 Å². The van der Waals surface area contributed by atoms with Gasteiger partial charge in [-0.25, -0.2) is 14.6 Å². The number of rotatable bonds is 4. The first-order valence-electron chi connectivity index (χ1n) is 6.79. The predicted octanol–water partition coefficient (Wildman–Crippen LogP) is 2.12. The number of carboxylic acids is 1. The summed E-state index contributed by atoms with van der Waals surface area (Å²) in [7, 11) is 0. The molecule has 0 aliphatic heterocycles. The van der Waals surface area contributed by atoms with Gasteiger partial charge in [-0.15, -0.1) is 11.3 Å². The van der Waals surface area contributed by atoms with E-state index in [4.69, 9.17) is 0 Å². The molecule has 1 aromatic rings. The van der Waals surface area contributed by atoms with Crippen molar-refractivity contribution in [2.24, 2.45) is 0 Å². The van der Waals surface area contributed by atoms with E-state index in [9.17, 15) is 14.7 Å². The van der Waals surface area contributed by atoms with E-state index in [0.29, 0.717) is 19.4 Å². The molecule has 1 aliphatic rings. The summed E-state index contributed by atoms with van der Waals surface area (Å²) < 4.78 is 0. The first kappa shape index (κ1) is 14.8. The van der Waals surface area contributed by atoms with E-state index in [2.05, 4.69) is 15.6 Å². The zero-order valence-electron chi connectivity index (χ0n) is 11.2. The molecule has 3 N–H and O–H groups in total. The number of aromatic nitrogens is 1. The summed E-state index contributed by atoms with van der Waals surface area (Å²) in [5.41, 5.74) is 1.34. The third kappa shape index (κ3) is 3.69. The van der Waals surface area contributed by atoms with Crippen molar-refractivity contribution in [1.29, 1.82) is 0 Å². The highest BCUT2D eigenvalue weighted by molar-refractivity contribution is 7.07. The lowest BCUT2D eigenvalue weighted by molar-refractivity contribution is -0.145. The quantitative estimate of drug-likeness (QED) is 0.742. The molecule has 1 heterocycles. The summed E-state index contributed by atoms with van der Waals surface area (Å²) in [5, 5.41) is 16.6. The maximum Gasteiger partial charge on any atom is 0.329 e. The average molecular weight is 297 g/mol. The predicted molar refractivity (Wildman–Crippen MR) is 75.6 cm³/mol. The van der Waals surface area contributed by atoms with E-state index in [1.165, 1.54) is 11.3 Å². The highest BCUT2D eigenvalue weighted by Gasteiger charge is 2.40. The van der Waals surface area contributed by atoms with Gasteiger partial charge < -0.3 is 15.7 Å². The molecule has 0 atom stereocenters. The fourth-order valence-electron chi connectivity index (χ4n) is 2.48. The maximum atomic E-state index is 11.9. The monoisotopic (exact) mass is 297 g/mol. The molecule has 20 heavy (non-hydrogen) atoms. The molecule has 1 aliphatic carbocycles. The average Bonchev–Trinajstić information content (AvgIpc) is 2.82. The Bertz CT molecular complexity index is 453. The Morgan fingerprint density at radius 1 is 1.30 bits per heavy atom. The van der Waals surface area contributed by atoms with Crippen LogP contribution in [0.25, 0.3) is 0 Å². The normalized spacial score (nSPS) is 18.0. The van der Waals surface area contributed by atoms with Crippen LogP contribution in [-0.4, -0.2) is 27.6 Å². The van der Waals surface area contributed by atoms with Crippen molar-refractivity contribution >= 4 is 23.3 Å². The fraction of sp³-hybridized carbons (Fsp3) is 0.615. The third-order valence-corrected chi connectivity index (χ3v) is 4.27. The van der Waals surface area contributed by atoms with Gasteiger partial charge in [0.05, 0.1) is 17.7 Å². The number of nitrogens with one attached hydrogen (secondary N) is 2. The Balaban J connectivity index is 1.93. The van der Waals surface area contributed by atoms with Crippen molar-refractivity contribution in [2.45, 2.75) is 50.6 Å². The van der Waals surface area contributed by atoms with Crippen LogP contribution in [0.2, 0.25) is 0 Å². The highest BCUT2D eigenvalue weighted by Crippen LogP contribution is 2.27. The molecule has 2 amide bonds. The van der Waals surface area contributed by atoms with Gasteiger partial charge in [-0.05, 0) is 12.8 Å². The number of nitrogens with zero attached hydrogens (tertiary/aromatic N) is 1. The van der Waals surface area contributed by atoms with E-state index in [0.717, 1.165) is 31.4 Å². The molecular formula is C13H19N3O3S. The van der Waals surface area contributed by atoms with Gasteiger partial charge in [-0.1, -0.05) is 25.7 Å². The van der Waals surface area contributed by atoms with Crippen LogP contribution in [0.5, 0.6) is 0 Å². The lowest BCUT2D eigenvalue weighted by Gasteiger charge is -2.29. The number of carbonyl (C=O) groups excluding carboxylic acids is 1. The molecule has 7 heteroatoms. The smallest absolute Gasteiger partial charge is 0.329 e. The van der Waals surface area contributed by atoms with Gasteiger partial charge >= 0.3 is 12.0 Å². The number of carboxylic acid groups (broad SMARTS) is 1. The maximum absolute atomic E-state index is 11.9. The molecule has 0 aromatic carbocycles. The molecule has 0 unspecified atom stereocenters. The van der Waals surface area contributed by atoms with Crippen LogP contribution in [0.3, 0.4) is 0 Å². The van der Waals surface area contributed by atoms with E-state index in [-0.39, 0.29) is 0 Å². The SMILES string of the molecule is O=C(NCc1cscn1)NC1(C(=O)O)CCCCCC1. The molecule has 2 rings (SSSR count). The molecular weight excluding hydrogens is 278 g/mol. The topological polar surface area (TPSA) is 91.3 Å². The van der Waals surface area contributed by atoms with Crippen molar-refractivity contribution in [2.75, 3.05) is 0 Å². The van der Waals surface area contributed by atoms with Crippen molar-refractivity contribution < 1.29 is 14.7 Å². The van der Waals surface area contributed by atoms with Crippen molar-refractivity contribution in [3.63, 3.8) is 0 Å². The minimum absolute atomic E-state index is 0.311. The summed E-state index contributed by atoms with van der Waals surface area (Å²) in [6.07, 6.45) is 4.70. The van der Waals surface area contributed by atoms with E-state index in [1.807, 2.05) is 5.38 Å². The Morgan fingerprint density at radius 2 is 2.00 bits per heavy atom. The second-order valence-corrected chi connectivity index (χ2v) is 5.81. The van der Waals surface area contributed by atoms with Crippen LogP contribution in [0, 0.1) is 0 Å². The highest BCUT2D eigenvalue weighted by atomic mass is 32.1. The molecule has 1 fully saturated rings. The Hall–Kier alpha value is -1.63. The van der Waals surface area contributed by atoms with Gasteiger partial charge in [0.15, 0.2) is 0 Å². The Morgan fingerprint density at radius 3 is 2.55 bits per heavy atom. The lowest BCUT2D eigenvalue weighted by atomic mass is 9.90. The van der Waals surface area contributed by atoms with E-state index < -0.39 is 17.5 Å². The largest absolute Gasteiger partial charge is 0.480 e. The van der Waals surface area contributed by atoms with Crippen molar-refractivity contribution in [3.8, 4) is 0 Å². The third-order valence-electron chi connectivity index (χ3n) is 3.63. The lowest BCUT2D eigenvalue weighted by Crippen LogP contribution is -2.56. The molecule has 1 saturated carbocycles. The van der Waals surface area contributed by atoms with E-state index >= 15 is 0 Å². The van der Waals surface area contributed by atoms with Gasteiger partial charge in [0.25, 0.3) is 0 Å². The van der Waals surface area contributed by atoms with Gasteiger partial charge in [-0.2, -0.15) is 0 Å². The molecule has 0 radical (unpaired) electrons. The van der Waals surface area contributed by atoms with Gasteiger partial charge in [0, 0.05) is 5.38 Å². The first-order valence-corrected chi connectivity index (χ1v) is 7.73. The molecule has 110 valence electrons. The Labute approximate surface area is 121 Å². The van der Waals surface area contributed by atoms with Crippen LogP contribution in [0.4, 0.5) is 4.79 Å². The van der Waals surface area contributed by atoms with Gasteiger partial charge in [0.2, 0.25) is 0 Å².